The Bertz CT molecular complexity index is 322. The van der Waals surface area contributed by atoms with Crippen molar-refractivity contribution in [3.05, 3.63) is 40.4 Å². The molecular weight excluding hydrogens is 196 g/mol. The van der Waals surface area contributed by atoms with Crippen molar-refractivity contribution in [1.29, 1.82) is 0 Å². The summed E-state index contributed by atoms with van der Waals surface area (Å²) >= 11 is 5.56. The lowest BCUT2D eigenvalue weighted by atomic mass is 10.1. The highest BCUT2D eigenvalue weighted by Crippen LogP contribution is 2.22. The maximum atomic E-state index is 5.67. The van der Waals surface area contributed by atoms with Gasteiger partial charge in [0.05, 0.1) is 0 Å². The molecule has 0 aliphatic rings. The zero-order valence-electron chi connectivity index (χ0n) is 8.80. The lowest BCUT2D eigenvalue weighted by Gasteiger charge is -2.11. The van der Waals surface area contributed by atoms with Gasteiger partial charge in [0.2, 0.25) is 0 Å². The Labute approximate surface area is 90.3 Å². The van der Waals surface area contributed by atoms with Crippen LogP contribution in [-0.4, -0.2) is 6.61 Å². The summed E-state index contributed by atoms with van der Waals surface area (Å²) in [6.07, 6.45) is 0. The fourth-order valence-corrected chi connectivity index (χ4v) is 1.31. The van der Waals surface area contributed by atoms with Crippen LogP contribution in [0.15, 0.2) is 29.3 Å². The molecule has 14 heavy (non-hydrogen) atoms. The number of hydrogen-bond donors (Lipinski definition) is 0. The van der Waals surface area contributed by atoms with Crippen molar-refractivity contribution in [3.8, 4) is 5.75 Å². The number of benzene rings is 1. The first kappa shape index (κ1) is 11.1. The molecule has 0 bridgehead atoms. The van der Waals surface area contributed by atoms with Gasteiger partial charge in [-0.2, -0.15) is 0 Å². The Morgan fingerprint density at radius 1 is 1.36 bits per heavy atom. The predicted molar refractivity (Wildman–Crippen MR) is 61.0 cm³/mol. The smallest absolute Gasteiger partial charge is 0.125 e. The first-order valence-electron chi connectivity index (χ1n) is 4.60. The maximum absolute atomic E-state index is 5.67. The largest absolute Gasteiger partial charge is 0.489 e. The van der Waals surface area contributed by atoms with E-state index in [0.29, 0.717) is 6.61 Å². The van der Waals surface area contributed by atoms with E-state index in [9.17, 15) is 0 Å². The van der Waals surface area contributed by atoms with Gasteiger partial charge < -0.3 is 4.74 Å². The van der Waals surface area contributed by atoms with Crippen molar-refractivity contribution in [1.82, 2.24) is 0 Å². The fraction of sp³-hybridized carbons (Fsp3) is 0.333. The number of hydrogen-bond acceptors (Lipinski definition) is 1. The van der Waals surface area contributed by atoms with Crippen LogP contribution < -0.4 is 4.74 Å². The van der Waals surface area contributed by atoms with Crippen molar-refractivity contribution in [2.45, 2.75) is 20.8 Å². The third-order valence-corrected chi connectivity index (χ3v) is 2.41. The van der Waals surface area contributed by atoms with Gasteiger partial charge in [-0.15, -0.1) is 0 Å². The molecule has 0 aliphatic heterocycles. The number of para-hydroxylation sites is 1. The summed E-state index contributed by atoms with van der Waals surface area (Å²) < 4.78 is 5.67. The molecule has 0 atom stereocenters. The molecule has 0 heterocycles. The van der Waals surface area contributed by atoms with E-state index in [1.807, 2.05) is 39.0 Å². The van der Waals surface area contributed by atoms with Crippen LogP contribution in [-0.2, 0) is 0 Å². The summed E-state index contributed by atoms with van der Waals surface area (Å²) in [5.41, 5.74) is 4.89. The van der Waals surface area contributed by atoms with Gasteiger partial charge in [0.25, 0.3) is 0 Å². The van der Waals surface area contributed by atoms with Crippen LogP contribution in [0.3, 0.4) is 0 Å². The third-order valence-electron chi connectivity index (χ3n) is 2.04. The fourth-order valence-electron chi connectivity index (χ4n) is 1.24. The molecule has 0 aliphatic carbocycles. The van der Waals surface area contributed by atoms with E-state index < -0.39 is 0 Å². The topological polar surface area (TPSA) is 9.23 Å². The highest BCUT2D eigenvalue weighted by atomic mass is 35.5. The molecule has 0 saturated heterocycles. The molecule has 1 rings (SSSR count). The summed E-state index contributed by atoms with van der Waals surface area (Å²) in [5.74, 6) is 0.963. The maximum Gasteiger partial charge on any atom is 0.125 e. The molecule has 0 spiro atoms. The highest BCUT2D eigenvalue weighted by Gasteiger charge is 2.02. The number of halogens is 1. The van der Waals surface area contributed by atoms with Crippen LogP contribution in [0, 0.1) is 13.8 Å². The van der Waals surface area contributed by atoms with Gasteiger partial charge in [-0.25, -0.2) is 0 Å². The van der Waals surface area contributed by atoms with Crippen LogP contribution in [0.25, 0.3) is 0 Å². The van der Waals surface area contributed by atoms with E-state index in [0.717, 1.165) is 22.4 Å². The Balaban J connectivity index is 2.76. The van der Waals surface area contributed by atoms with Gasteiger partial charge in [0, 0.05) is 5.54 Å². The van der Waals surface area contributed by atoms with E-state index in [1.54, 1.807) is 5.54 Å². The average molecular weight is 211 g/mol. The summed E-state index contributed by atoms with van der Waals surface area (Å²) in [4.78, 5) is 0. The quantitative estimate of drug-likeness (QED) is 0.737. The normalized spacial score (nSPS) is 11.6. The number of rotatable bonds is 3. The highest BCUT2D eigenvalue weighted by molar-refractivity contribution is 6.25. The minimum absolute atomic E-state index is 0.551. The average Bonchev–Trinajstić information content (AvgIpc) is 2.16. The SMILES string of the molecule is C/C(=C/Cl)COc1c(C)cccc1C. The van der Waals surface area contributed by atoms with Crippen molar-refractivity contribution >= 4 is 11.6 Å². The Kier molecular flexibility index (Phi) is 4.02. The van der Waals surface area contributed by atoms with Gasteiger partial charge in [0.1, 0.15) is 12.4 Å². The van der Waals surface area contributed by atoms with Crippen LogP contribution in [0.4, 0.5) is 0 Å². The molecule has 1 aromatic rings. The second kappa shape index (κ2) is 5.06. The van der Waals surface area contributed by atoms with Gasteiger partial charge in [-0.05, 0) is 37.5 Å². The van der Waals surface area contributed by atoms with E-state index >= 15 is 0 Å². The number of ether oxygens (including phenoxy) is 1. The van der Waals surface area contributed by atoms with Gasteiger partial charge >= 0.3 is 0 Å². The van der Waals surface area contributed by atoms with E-state index in [2.05, 4.69) is 0 Å². The Morgan fingerprint density at radius 2 is 1.93 bits per heavy atom. The molecule has 2 heteroatoms. The molecule has 0 amide bonds. The van der Waals surface area contributed by atoms with Crippen molar-refractivity contribution in [2.24, 2.45) is 0 Å². The zero-order chi connectivity index (χ0) is 10.6. The molecule has 0 N–H and O–H groups in total. The molecule has 76 valence electrons. The monoisotopic (exact) mass is 210 g/mol. The van der Waals surface area contributed by atoms with Gasteiger partial charge in [-0.3, -0.25) is 0 Å². The van der Waals surface area contributed by atoms with Crippen LogP contribution in [0.2, 0.25) is 0 Å². The standard InChI is InChI=1S/C12H15ClO/c1-9(7-13)8-14-12-10(2)5-4-6-11(12)3/h4-7H,8H2,1-3H3/b9-7-. The number of aryl methyl sites for hydroxylation is 2. The Hall–Kier alpha value is -0.950. The zero-order valence-corrected chi connectivity index (χ0v) is 9.56. The second-order valence-electron chi connectivity index (χ2n) is 3.47. The van der Waals surface area contributed by atoms with Crippen LogP contribution in [0.5, 0.6) is 5.75 Å². The van der Waals surface area contributed by atoms with Gasteiger partial charge in [-0.1, -0.05) is 29.8 Å². The van der Waals surface area contributed by atoms with Crippen LogP contribution >= 0.6 is 11.6 Å². The predicted octanol–water partition coefficient (Wildman–Crippen LogP) is 3.82. The summed E-state index contributed by atoms with van der Waals surface area (Å²) in [5, 5.41) is 0. The van der Waals surface area contributed by atoms with Crippen molar-refractivity contribution in [2.75, 3.05) is 6.61 Å². The molecule has 0 fully saturated rings. The molecule has 0 unspecified atom stereocenters. The second-order valence-corrected chi connectivity index (χ2v) is 3.68. The first-order valence-corrected chi connectivity index (χ1v) is 5.03. The molecule has 1 nitrogen and oxygen atoms in total. The molecule has 0 radical (unpaired) electrons. The van der Waals surface area contributed by atoms with E-state index in [-0.39, 0.29) is 0 Å². The lowest BCUT2D eigenvalue weighted by molar-refractivity contribution is 0.347. The molecule has 0 saturated carbocycles. The third kappa shape index (κ3) is 2.78. The summed E-state index contributed by atoms with van der Waals surface area (Å²) in [7, 11) is 0. The van der Waals surface area contributed by atoms with Crippen LogP contribution in [0.1, 0.15) is 18.1 Å². The first-order chi connectivity index (χ1) is 6.65. The van der Waals surface area contributed by atoms with Crippen molar-refractivity contribution in [3.63, 3.8) is 0 Å². The molecule has 1 aromatic carbocycles. The summed E-state index contributed by atoms with van der Waals surface area (Å²) in [6.45, 7) is 6.58. The minimum atomic E-state index is 0.551. The lowest BCUT2D eigenvalue weighted by Crippen LogP contribution is -2.01. The Morgan fingerprint density at radius 3 is 2.43 bits per heavy atom. The van der Waals surface area contributed by atoms with Gasteiger partial charge in [0.15, 0.2) is 0 Å². The van der Waals surface area contributed by atoms with Crippen molar-refractivity contribution < 1.29 is 4.74 Å². The molecular formula is C12H15ClO. The van der Waals surface area contributed by atoms with E-state index in [1.165, 1.54) is 0 Å². The summed E-state index contributed by atoms with van der Waals surface area (Å²) in [6, 6.07) is 6.12. The minimum Gasteiger partial charge on any atom is -0.489 e. The molecule has 0 aromatic heterocycles. The van der Waals surface area contributed by atoms with E-state index in [4.69, 9.17) is 16.3 Å².